The zero-order valence-electron chi connectivity index (χ0n) is 8.93. The zero-order chi connectivity index (χ0) is 11.6. The average Bonchev–Trinajstić information content (AvgIpc) is 2.64. The topological polar surface area (TPSA) is 46.2 Å². The summed E-state index contributed by atoms with van der Waals surface area (Å²) in [6, 6.07) is 8.05. The molecule has 0 bridgehead atoms. The minimum Gasteiger partial charge on any atom is -0.383 e. The smallest absolute Gasteiger partial charge is 0.149 e. The summed E-state index contributed by atoms with van der Waals surface area (Å²) in [6.07, 6.45) is 1.25. The average molecular weight is 255 g/mol. The van der Waals surface area contributed by atoms with Crippen molar-refractivity contribution in [2.45, 2.75) is 0 Å². The van der Waals surface area contributed by atoms with Crippen molar-refractivity contribution >= 4 is 36.9 Å². The molecule has 2 rings (SSSR count). The van der Waals surface area contributed by atoms with Gasteiger partial charge in [-0.3, -0.25) is 0 Å². The molecule has 0 aliphatic heterocycles. The Morgan fingerprint density at radius 2 is 2.12 bits per heavy atom. The molecule has 0 saturated heterocycles. The normalized spacial score (nSPS) is 11.8. The zero-order valence-corrected chi connectivity index (χ0v) is 10.6. The van der Waals surface area contributed by atoms with Crippen LogP contribution in [0, 0.1) is 0 Å². The van der Waals surface area contributed by atoms with Crippen molar-refractivity contribution in [3.63, 3.8) is 0 Å². The number of anilines is 1. The fraction of sp³-hybridized carbons (Fsp3) is 0.273. The Kier molecular flexibility index (Phi) is 3.16. The van der Waals surface area contributed by atoms with Crippen molar-refractivity contribution in [3.8, 4) is 0 Å². The van der Waals surface area contributed by atoms with Crippen LogP contribution in [0.5, 0.6) is 0 Å². The Labute approximate surface area is 99.0 Å². The van der Waals surface area contributed by atoms with Crippen LogP contribution >= 0.6 is 11.3 Å². The minimum absolute atomic E-state index is 0.161. The van der Waals surface area contributed by atoms with Crippen molar-refractivity contribution in [2.24, 2.45) is 0 Å². The molecule has 16 heavy (non-hydrogen) atoms. The highest BCUT2D eigenvalue weighted by Crippen LogP contribution is 2.28. The van der Waals surface area contributed by atoms with Crippen LogP contribution in [0.1, 0.15) is 0 Å². The number of hydrogen-bond acceptors (Lipinski definition) is 4. The number of thiophene rings is 1. The molecule has 1 aromatic carbocycles. The van der Waals surface area contributed by atoms with Crippen molar-refractivity contribution in [1.29, 1.82) is 0 Å². The molecule has 1 N–H and O–H groups in total. The fourth-order valence-corrected chi connectivity index (χ4v) is 2.87. The third-order valence-corrected chi connectivity index (χ3v) is 4.18. The van der Waals surface area contributed by atoms with E-state index in [9.17, 15) is 8.42 Å². The highest BCUT2D eigenvalue weighted by molar-refractivity contribution is 7.90. The molecule has 0 atom stereocenters. The largest absolute Gasteiger partial charge is 0.383 e. The number of nitrogens with one attached hydrogen (secondary N) is 1. The van der Waals surface area contributed by atoms with Crippen LogP contribution < -0.4 is 5.32 Å². The maximum absolute atomic E-state index is 11.0. The lowest BCUT2D eigenvalue weighted by atomic mass is 10.2. The van der Waals surface area contributed by atoms with Gasteiger partial charge in [-0.25, -0.2) is 8.42 Å². The van der Waals surface area contributed by atoms with E-state index < -0.39 is 9.84 Å². The van der Waals surface area contributed by atoms with Gasteiger partial charge in [-0.1, -0.05) is 12.1 Å². The Morgan fingerprint density at radius 1 is 1.31 bits per heavy atom. The molecule has 0 spiro atoms. The van der Waals surface area contributed by atoms with E-state index in [4.69, 9.17) is 0 Å². The van der Waals surface area contributed by atoms with Gasteiger partial charge in [0.1, 0.15) is 9.84 Å². The second-order valence-electron chi connectivity index (χ2n) is 3.70. The quantitative estimate of drug-likeness (QED) is 0.912. The maximum atomic E-state index is 11.0. The molecule has 5 heteroatoms. The lowest BCUT2D eigenvalue weighted by Crippen LogP contribution is -2.14. The van der Waals surface area contributed by atoms with E-state index in [-0.39, 0.29) is 5.75 Å². The fourth-order valence-electron chi connectivity index (χ4n) is 1.50. The summed E-state index contributed by atoms with van der Waals surface area (Å²) >= 11 is 1.66. The Hall–Kier alpha value is -1.07. The minimum atomic E-state index is -2.89. The lowest BCUT2D eigenvalue weighted by Gasteiger charge is -2.06. The van der Waals surface area contributed by atoms with Crippen LogP contribution in [0.4, 0.5) is 5.69 Å². The van der Waals surface area contributed by atoms with E-state index in [1.165, 1.54) is 16.3 Å². The molecular formula is C11H13NO2S2. The molecule has 0 saturated carbocycles. The van der Waals surface area contributed by atoms with Gasteiger partial charge < -0.3 is 5.32 Å². The van der Waals surface area contributed by atoms with Gasteiger partial charge in [-0.05, 0) is 22.9 Å². The Balaban J connectivity index is 2.12. The highest BCUT2D eigenvalue weighted by Gasteiger charge is 2.04. The summed E-state index contributed by atoms with van der Waals surface area (Å²) in [6.45, 7) is 0.454. The molecule has 0 aliphatic carbocycles. The molecular weight excluding hydrogens is 242 g/mol. The molecule has 0 aliphatic rings. The van der Waals surface area contributed by atoms with Gasteiger partial charge in [0.25, 0.3) is 0 Å². The van der Waals surface area contributed by atoms with Gasteiger partial charge in [0, 0.05) is 12.8 Å². The van der Waals surface area contributed by atoms with Crippen LogP contribution in [-0.4, -0.2) is 27.0 Å². The predicted octanol–water partition coefficient (Wildman–Crippen LogP) is 2.36. The number of fused-ring (bicyclic) bond motifs is 1. The van der Waals surface area contributed by atoms with Gasteiger partial charge in [-0.2, -0.15) is 0 Å². The number of sulfone groups is 1. The maximum Gasteiger partial charge on any atom is 0.149 e. The standard InChI is InChI=1S/C11H13NO2S2/c1-16(13,14)8-6-12-10-4-2-3-9-5-7-15-11(9)10/h2-5,7,12H,6,8H2,1H3. The van der Waals surface area contributed by atoms with E-state index in [0.717, 1.165) is 5.69 Å². The van der Waals surface area contributed by atoms with Crippen LogP contribution in [0.25, 0.3) is 10.1 Å². The van der Waals surface area contributed by atoms with Gasteiger partial charge in [-0.15, -0.1) is 11.3 Å². The number of benzene rings is 1. The lowest BCUT2D eigenvalue weighted by molar-refractivity contribution is 0.602. The van der Waals surface area contributed by atoms with Crippen molar-refractivity contribution in [2.75, 3.05) is 23.9 Å². The van der Waals surface area contributed by atoms with Crippen molar-refractivity contribution in [3.05, 3.63) is 29.6 Å². The molecule has 1 heterocycles. The van der Waals surface area contributed by atoms with E-state index >= 15 is 0 Å². The van der Waals surface area contributed by atoms with E-state index in [1.54, 1.807) is 11.3 Å². The third kappa shape index (κ3) is 2.74. The molecule has 1 aromatic heterocycles. The van der Waals surface area contributed by atoms with Crippen LogP contribution in [0.3, 0.4) is 0 Å². The predicted molar refractivity (Wildman–Crippen MR) is 70.0 cm³/mol. The number of rotatable bonds is 4. The molecule has 0 fully saturated rings. The highest BCUT2D eigenvalue weighted by atomic mass is 32.2. The van der Waals surface area contributed by atoms with Gasteiger partial charge >= 0.3 is 0 Å². The van der Waals surface area contributed by atoms with Crippen LogP contribution in [0.2, 0.25) is 0 Å². The third-order valence-electron chi connectivity index (χ3n) is 2.27. The first-order valence-corrected chi connectivity index (χ1v) is 7.88. The Morgan fingerprint density at radius 3 is 2.88 bits per heavy atom. The first-order valence-electron chi connectivity index (χ1n) is 4.94. The summed E-state index contributed by atoms with van der Waals surface area (Å²) in [5.41, 5.74) is 1.01. The second kappa shape index (κ2) is 4.43. The van der Waals surface area contributed by atoms with Crippen LogP contribution in [0.15, 0.2) is 29.6 Å². The summed E-state index contributed by atoms with van der Waals surface area (Å²) in [5, 5.41) is 6.38. The Bertz CT molecular complexity index is 587. The second-order valence-corrected chi connectivity index (χ2v) is 6.88. The molecule has 0 radical (unpaired) electrons. The van der Waals surface area contributed by atoms with Gasteiger partial charge in [0.15, 0.2) is 0 Å². The SMILES string of the molecule is CS(=O)(=O)CCNc1cccc2ccsc12. The first-order chi connectivity index (χ1) is 7.56. The van der Waals surface area contributed by atoms with Gasteiger partial charge in [0.2, 0.25) is 0 Å². The summed E-state index contributed by atoms with van der Waals surface area (Å²) in [5.74, 6) is 0.161. The monoisotopic (exact) mass is 255 g/mol. The van der Waals surface area contributed by atoms with Gasteiger partial charge in [0.05, 0.1) is 16.1 Å². The van der Waals surface area contributed by atoms with Crippen molar-refractivity contribution in [1.82, 2.24) is 0 Å². The molecule has 0 unspecified atom stereocenters. The molecule has 0 amide bonds. The summed E-state index contributed by atoms with van der Waals surface area (Å²) < 4.78 is 23.2. The number of hydrogen-bond donors (Lipinski definition) is 1. The van der Waals surface area contributed by atoms with E-state index in [1.807, 2.05) is 23.6 Å². The summed E-state index contributed by atoms with van der Waals surface area (Å²) in [4.78, 5) is 0. The molecule has 3 nitrogen and oxygen atoms in total. The molecule has 86 valence electrons. The van der Waals surface area contributed by atoms with Crippen LogP contribution in [-0.2, 0) is 9.84 Å². The first kappa shape index (κ1) is 11.4. The van der Waals surface area contributed by atoms with Crippen molar-refractivity contribution < 1.29 is 8.42 Å². The van der Waals surface area contributed by atoms with E-state index in [0.29, 0.717) is 6.54 Å². The summed E-state index contributed by atoms with van der Waals surface area (Å²) in [7, 11) is -2.89. The molecule has 2 aromatic rings. The van der Waals surface area contributed by atoms with E-state index in [2.05, 4.69) is 11.4 Å².